The van der Waals surface area contributed by atoms with Crippen molar-refractivity contribution in [1.29, 1.82) is 0 Å². The standard InChI is InChI=1S/C35H33F2NO6/c1-22(2)38-30(18-17-28(39)19-29(40)20-31(41)43-3)32(24-9-13-26(36)14-10-24)33(25-11-15-27(37)16-12-25)34(38)35(42)44-21-23-7-5-4-6-8-23/h4-18,22,29,40H,19-21H2,1-3H3/t29-/m1/s1. The summed E-state index contributed by atoms with van der Waals surface area (Å²) in [6, 6.07) is 20.1. The van der Waals surface area contributed by atoms with Crippen molar-refractivity contribution in [2.75, 3.05) is 7.11 Å². The van der Waals surface area contributed by atoms with Crippen molar-refractivity contribution in [1.82, 2.24) is 4.57 Å². The Hall–Kier alpha value is -4.89. The van der Waals surface area contributed by atoms with Gasteiger partial charge >= 0.3 is 11.9 Å². The Labute approximate surface area is 254 Å². The molecule has 1 atom stereocenters. The average molecular weight is 602 g/mol. The van der Waals surface area contributed by atoms with Gasteiger partial charge in [-0.25, -0.2) is 13.6 Å². The number of allylic oxidation sites excluding steroid dienone is 1. The highest BCUT2D eigenvalue weighted by Crippen LogP contribution is 2.43. The second kappa shape index (κ2) is 14.5. The highest BCUT2D eigenvalue weighted by Gasteiger charge is 2.30. The lowest BCUT2D eigenvalue weighted by atomic mass is 9.94. The van der Waals surface area contributed by atoms with Crippen molar-refractivity contribution in [3.63, 3.8) is 0 Å². The summed E-state index contributed by atoms with van der Waals surface area (Å²) < 4.78 is 40.1. The van der Waals surface area contributed by atoms with Gasteiger partial charge in [0.2, 0.25) is 0 Å². The highest BCUT2D eigenvalue weighted by molar-refractivity contribution is 6.05. The molecule has 0 bridgehead atoms. The zero-order chi connectivity index (χ0) is 31.8. The van der Waals surface area contributed by atoms with Crippen LogP contribution in [0.3, 0.4) is 0 Å². The first kappa shape index (κ1) is 32.0. The number of nitrogens with zero attached hydrogens (tertiary/aromatic N) is 1. The number of esters is 2. The van der Waals surface area contributed by atoms with Gasteiger partial charge < -0.3 is 19.1 Å². The molecule has 44 heavy (non-hydrogen) atoms. The number of ketones is 1. The van der Waals surface area contributed by atoms with Crippen LogP contribution in [0.1, 0.15) is 54.5 Å². The summed E-state index contributed by atoms with van der Waals surface area (Å²) in [7, 11) is 1.19. The van der Waals surface area contributed by atoms with E-state index in [0.717, 1.165) is 5.56 Å². The summed E-state index contributed by atoms with van der Waals surface area (Å²) in [5.74, 6) is -2.70. The Bertz CT molecular complexity index is 1640. The van der Waals surface area contributed by atoms with E-state index >= 15 is 0 Å². The number of halogens is 2. The molecule has 0 unspecified atom stereocenters. The molecule has 0 aliphatic heterocycles. The molecule has 0 amide bonds. The third kappa shape index (κ3) is 7.73. The van der Waals surface area contributed by atoms with E-state index in [2.05, 4.69) is 4.74 Å². The van der Waals surface area contributed by atoms with Crippen molar-refractivity contribution < 1.29 is 37.7 Å². The maximum atomic E-state index is 14.0. The molecule has 1 heterocycles. The van der Waals surface area contributed by atoms with Crippen molar-refractivity contribution in [2.45, 2.75) is 45.4 Å². The molecule has 1 N–H and O–H groups in total. The molecule has 1 aromatic heterocycles. The van der Waals surface area contributed by atoms with E-state index in [1.807, 2.05) is 44.2 Å². The Kier molecular flexibility index (Phi) is 10.6. The lowest BCUT2D eigenvalue weighted by Gasteiger charge is -2.16. The fourth-order valence-electron chi connectivity index (χ4n) is 4.93. The van der Waals surface area contributed by atoms with Crippen LogP contribution in [0.15, 0.2) is 84.9 Å². The maximum absolute atomic E-state index is 14.0. The van der Waals surface area contributed by atoms with Gasteiger partial charge in [0.25, 0.3) is 0 Å². The summed E-state index contributed by atoms with van der Waals surface area (Å²) in [5, 5.41) is 10.2. The third-order valence-corrected chi connectivity index (χ3v) is 6.93. The normalized spacial score (nSPS) is 12.0. The molecule has 7 nitrogen and oxygen atoms in total. The van der Waals surface area contributed by atoms with Gasteiger partial charge in [-0.15, -0.1) is 0 Å². The van der Waals surface area contributed by atoms with Crippen molar-refractivity contribution >= 4 is 23.8 Å². The van der Waals surface area contributed by atoms with Crippen LogP contribution in [0.2, 0.25) is 0 Å². The van der Waals surface area contributed by atoms with Crippen LogP contribution in [0.5, 0.6) is 0 Å². The zero-order valence-electron chi connectivity index (χ0n) is 24.6. The van der Waals surface area contributed by atoms with Gasteiger partial charge in [-0.05, 0) is 67.0 Å². The Morgan fingerprint density at radius 3 is 1.95 bits per heavy atom. The second-order valence-corrected chi connectivity index (χ2v) is 10.5. The SMILES string of the molecule is COC(=O)C[C@H](O)CC(=O)C=Cc1c(-c2ccc(F)cc2)c(-c2ccc(F)cc2)c(C(=O)OCc2ccccc2)n1C(C)C. The number of hydrogen-bond donors (Lipinski definition) is 1. The summed E-state index contributed by atoms with van der Waals surface area (Å²) in [6.07, 6.45) is 0.857. The third-order valence-electron chi connectivity index (χ3n) is 6.93. The van der Waals surface area contributed by atoms with E-state index in [9.17, 15) is 28.3 Å². The first-order valence-corrected chi connectivity index (χ1v) is 14.1. The van der Waals surface area contributed by atoms with Gasteiger partial charge in [0.15, 0.2) is 5.78 Å². The molecule has 0 aliphatic rings. The van der Waals surface area contributed by atoms with Crippen molar-refractivity contribution in [3.05, 3.63) is 114 Å². The van der Waals surface area contributed by atoms with Crippen LogP contribution < -0.4 is 0 Å². The molecule has 0 saturated heterocycles. The second-order valence-electron chi connectivity index (χ2n) is 10.5. The van der Waals surface area contributed by atoms with Gasteiger partial charge in [-0.2, -0.15) is 0 Å². The molecule has 0 saturated carbocycles. The van der Waals surface area contributed by atoms with Crippen LogP contribution in [-0.2, 0) is 25.7 Å². The Balaban J connectivity index is 1.91. The molecule has 4 aromatic rings. The highest BCUT2D eigenvalue weighted by atomic mass is 19.1. The quantitative estimate of drug-likeness (QED) is 0.140. The smallest absolute Gasteiger partial charge is 0.355 e. The molecule has 0 spiro atoms. The van der Waals surface area contributed by atoms with E-state index in [-0.39, 0.29) is 31.2 Å². The van der Waals surface area contributed by atoms with Crippen LogP contribution in [0.4, 0.5) is 8.78 Å². The van der Waals surface area contributed by atoms with Gasteiger partial charge in [-0.1, -0.05) is 54.6 Å². The topological polar surface area (TPSA) is 94.8 Å². The lowest BCUT2D eigenvalue weighted by molar-refractivity contribution is -0.143. The predicted molar refractivity (Wildman–Crippen MR) is 162 cm³/mol. The van der Waals surface area contributed by atoms with Crippen LogP contribution in [0.25, 0.3) is 28.3 Å². The Morgan fingerprint density at radius 2 is 1.41 bits per heavy atom. The average Bonchev–Trinajstić information content (AvgIpc) is 3.35. The van der Waals surface area contributed by atoms with E-state index in [4.69, 9.17) is 4.74 Å². The molecular weight excluding hydrogens is 568 g/mol. The Morgan fingerprint density at radius 1 is 0.841 bits per heavy atom. The van der Waals surface area contributed by atoms with Crippen molar-refractivity contribution in [2.24, 2.45) is 0 Å². The largest absolute Gasteiger partial charge is 0.469 e. The molecule has 9 heteroatoms. The molecule has 3 aromatic carbocycles. The van der Waals surface area contributed by atoms with E-state index < -0.39 is 35.5 Å². The molecule has 4 rings (SSSR count). The fourth-order valence-corrected chi connectivity index (χ4v) is 4.93. The van der Waals surface area contributed by atoms with E-state index in [1.54, 1.807) is 16.7 Å². The van der Waals surface area contributed by atoms with Gasteiger partial charge in [0, 0.05) is 23.6 Å². The van der Waals surface area contributed by atoms with E-state index in [1.165, 1.54) is 55.7 Å². The number of ether oxygens (including phenoxy) is 2. The number of aromatic nitrogens is 1. The monoisotopic (exact) mass is 601 g/mol. The van der Waals surface area contributed by atoms with Crippen LogP contribution in [0, 0.1) is 11.6 Å². The lowest BCUT2D eigenvalue weighted by Crippen LogP contribution is -2.18. The fraction of sp³-hybridized carbons (Fsp3) is 0.229. The molecule has 0 aliphatic carbocycles. The predicted octanol–water partition coefficient (Wildman–Crippen LogP) is 6.93. The minimum atomic E-state index is -1.24. The number of aliphatic hydroxyl groups is 1. The summed E-state index contributed by atoms with van der Waals surface area (Å²) in [4.78, 5) is 38.3. The van der Waals surface area contributed by atoms with Crippen LogP contribution in [-0.4, -0.2) is 40.6 Å². The first-order chi connectivity index (χ1) is 21.1. The number of benzene rings is 3. The first-order valence-electron chi connectivity index (χ1n) is 14.1. The number of methoxy groups -OCH3 is 1. The van der Waals surface area contributed by atoms with Crippen LogP contribution >= 0.6 is 0 Å². The van der Waals surface area contributed by atoms with E-state index in [0.29, 0.717) is 27.9 Å². The zero-order valence-corrected chi connectivity index (χ0v) is 24.6. The number of carbonyl (C=O) groups excluding carboxylic acids is 3. The molecular formula is C35H33F2NO6. The number of aliphatic hydroxyl groups excluding tert-OH is 1. The van der Waals surface area contributed by atoms with Crippen molar-refractivity contribution in [3.8, 4) is 22.3 Å². The minimum Gasteiger partial charge on any atom is -0.469 e. The maximum Gasteiger partial charge on any atom is 0.355 e. The molecule has 0 radical (unpaired) electrons. The number of hydrogen-bond acceptors (Lipinski definition) is 6. The van der Waals surface area contributed by atoms with Gasteiger partial charge in [0.1, 0.15) is 23.9 Å². The summed E-state index contributed by atoms with van der Waals surface area (Å²) in [5.41, 5.74) is 3.35. The molecule has 228 valence electrons. The molecule has 0 fully saturated rings. The summed E-state index contributed by atoms with van der Waals surface area (Å²) >= 11 is 0. The number of rotatable bonds is 12. The number of carbonyl (C=O) groups is 3. The van der Waals surface area contributed by atoms with Gasteiger partial charge in [-0.3, -0.25) is 9.59 Å². The van der Waals surface area contributed by atoms with Gasteiger partial charge in [0.05, 0.1) is 25.3 Å². The summed E-state index contributed by atoms with van der Waals surface area (Å²) in [6.45, 7) is 3.71. The minimum absolute atomic E-state index is 0.000566.